The first-order valence-electron chi connectivity index (χ1n) is 14.1. The maximum Gasteiger partial charge on any atom is 0.415 e. The molecule has 2 heterocycles. The first-order valence-corrected chi connectivity index (χ1v) is 15.5. The molecule has 0 aliphatic carbocycles. The monoisotopic (exact) mass is 601 g/mol. The second-order valence-corrected chi connectivity index (χ2v) is 13.4. The Balaban J connectivity index is 1.47. The first-order chi connectivity index (χ1) is 19.8. The minimum absolute atomic E-state index is 0.0930. The Kier molecular flexibility index (Phi) is 9.90. The van der Waals surface area contributed by atoms with Gasteiger partial charge in [-0.1, -0.05) is 29.8 Å². The number of ether oxygens (including phenoxy) is 3. The molecule has 12 heteroatoms. The van der Waals surface area contributed by atoms with Crippen molar-refractivity contribution < 1.29 is 37.0 Å². The molecule has 11 nitrogen and oxygen atoms in total. The summed E-state index contributed by atoms with van der Waals surface area (Å²) in [6.45, 7) is 9.10. The van der Waals surface area contributed by atoms with E-state index in [9.17, 15) is 22.8 Å². The molecular weight excluding hydrogens is 562 g/mol. The molecule has 4 rings (SSSR count). The molecule has 2 aromatic rings. The van der Waals surface area contributed by atoms with Crippen LogP contribution in [0, 0.1) is 6.92 Å². The molecule has 2 aliphatic rings. The summed E-state index contributed by atoms with van der Waals surface area (Å²) in [5.74, 6) is -0.851. The summed E-state index contributed by atoms with van der Waals surface area (Å²) >= 11 is 0. The molecule has 0 spiro atoms. The molecule has 228 valence electrons. The van der Waals surface area contributed by atoms with Crippen molar-refractivity contribution in [3.63, 3.8) is 0 Å². The zero-order valence-electron chi connectivity index (χ0n) is 24.5. The van der Waals surface area contributed by atoms with E-state index in [4.69, 9.17) is 14.2 Å². The summed E-state index contributed by atoms with van der Waals surface area (Å²) in [6, 6.07) is 11.1. The average Bonchev–Trinajstić information content (AvgIpc) is 3.45. The maximum atomic E-state index is 13.5. The van der Waals surface area contributed by atoms with Crippen LogP contribution in [-0.2, 0) is 35.5 Å². The first kappa shape index (κ1) is 31.5. The van der Waals surface area contributed by atoms with Crippen molar-refractivity contribution in [3.05, 3.63) is 59.7 Å². The van der Waals surface area contributed by atoms with Crippen LogP contribution in [0.1, 0.15) is 44.7 Å². The SMILES string of the molecule is Cc1ccc(S(=O)(=O)N2CCC[C@H]2C(=O)N[C@@H](Cc2ccc(OC(=O)N3CCOCC3)cc2)C(=O)OC(C)(C)C)cc1. The summed E-state index contributed by atoms with van der Waals surface area (Å²) in [4.78, 5) is 40.7. The van der Waals surface area contributed by atoms with Crippen molar-refractivity contribution in [1.29, 1.82) is 0 Å². The lowest BCUT2D eigenvalue weighted by molar-refractivity contribution is -0.158. The van der Waals surface area contributed by atoms with E-state index < -0.39 is 45.7 Å². The van der Waals surface area contributed by atoms with E-state index in [1.165, 1.54) is 16.4 Å². The zero-order chi connectivity index (χ0) is 30.5. The number of carbonyl (C=O) groups excluding carboxylic acids is 3. The Bertz CT molecular complexity index is 1360. The predicted octanol–water partition coefficient (Wildman–Crippen LogP) is 3.05. The van der Waals surface area contributed by atoms with E-state index in [1.54, 1.807) is 62.1 Å². The number of nitrogens with zero attached hydrogens (tertiary/aromatic N) is 2. The van der Waals surface area contributed by atoms with Crippen molar-refractivity contribution in [3.8, 4) is 5.75 Å². The quantitative estimate of drug-likeness (QED) is 0.457. The van der Waals surface area contributed by atoms with Gasteiger partial charge in [0, 0.05) is 26.1 Å². The van der Waals surface area contributed by atoms with Gasteiger partial charge in [0.1, 0.15) is 23.4 Å². The van der Waals surface area contributed by atoms with Crippen LogP contribution < -0.4 is 10.1 Å². The maximum absolute atomic E-state index is 13.5. The summed E-state index contributed by atoms with van der Waals surface area (Å²) in [6.07, 6.45) is 0.480. The van der Waals surface area contributed by atoms with Crippen LogP contribution in [0.5, 0.6) is 5.75 Å². The molecule has 2 fully saturated rings. The molecule has 0 saturated carbocycles. The standard InChI is InChI=1S/C30H39N3O8S/c1-21-7-13-24(14-8-21)42(37,38)33-15-5-6-26(33)27(34)31-25(28(35)41-30(2,3)4)20-22-9-11-23(12-10-22)40-29(36)32-16-18-39-19-17-32/h7-14,25-26H,5-6,15-20H2,1-4H3,(H,31,34)/t25-,26-/m0/s1. The fourth-order valence-electron chi connectivity index (χ4n) is 4.81. The third kappa shape index (κ3) is 8.08. The fraction of sp³-hybridized carbons (Fsp3) is 0.500. The summed E-state index contributed by atoms with van der Waals surface area (Å²) < 4.78 is 44.3. The van der Waals surface area contributed by atoms with Gasteiger partial charge >= 0.3 is 12.1 Å². The number of carbonyl (C=O) groups is 3. The van der Waals surface area contributed by atoms with Gasteiger partial charge in [0.05, 0.1) is 18.1 Å². The molecule has 2 atom stereocenters. The highest BCUT2D eigenvalue weighted by molar-refractivity contribution is 7.89. The molecule has 2 aromatic carbocycles. The minimum Gasteiger partial charge on any atom is -0.458 e. The average molecular weight is 602 g/mol. The van der Waals surface area contributed by atoms with Crippen molar-refractivity contribution in [2.24, 2.45) is 0 Å². The van der Waals surface area contributed by atoms with Crippen LogP contribution in [-0.4, -0.2) is 86.1 Å². The van der Waals surface area contributed by atoms with Crippen molar-refractivity contribution >= 4 is 28.0 Å². The number of amides is 2. The van der Waals surface area contributed by atoms with Crippen molar-refractivity contribution in [2.45, 2.75) is 69.5 Å². The summed E-state index contributed by atoms with van der Waals surface area (Å²) in [5.41, 5.74) is 0.812. The summed E-state index contributed by atoms with van der Waals surface area (Å²) in [7, 11) is -3.91. The topological polar surface area (TPSA) is 132 Å². The predicted molar refractivity (Wildman–Crippen MR) is 154 cm³/mol. The molecule has 2 amide bonds. The third-order valence-electron chi connectivity index (χ3n) is 6.98. The number of hydrogen-bond acceptors (Lipinski definition) is 8. The molecule has 1 N–H and O–H groups in total. The smallest absolute Gasteiger partial charge is 0.415 e. The second kappa shape index (κ2) is 13.2. The van der Waals surface area contributed by atoms with Gasteiger partial charge in [-0.05, 0) is 70.4 Å². The van der Waals surface area contributed by atoms with Crippen LogP contribution in [0.25, 0.3) is 0 Å². The number of esters is 1. The summed E-state index contributed by atoms with van der Waals surface area (Å²) in [5, 5.41) is 2.76. The lowest BCUT2D eigenvalue weighted by Gasteiger charge is -2.28. The van der Waals surface area contributed by atoms with Gasteiger partial charge in [-0.3, -0.25) is 4.79 Å². The highest BCUT2D eigenvalue weighted by atomic mass is 32.2. The normalized spacial score (nSPS) is 18.8. The van der Waals surface area contributed by atoms with E-state index in [0.29, 0.717) is 50.5 Å². The molecular formula is C30H39N3O8S. The van der Waals surface area contributed by atoms with Crippen molar-refractivity contribution in [2.75, 3.05) is 32.8 Å². The largest absolute Gasteiger partial charge is 0.458 e. The van der Waals surface area contributed by atoms with Crippen LogP contribution in [0.4, 0.5) is 4.79 Å². The Hall–Kier alpha value is -3.48. The number of nitrogens with one attached hydrogen (secondary N) is 1. The van der Waals surface area contributed by atoms with Crippen LogP contribution in [0.3, 0.4) is 0 Å². The van der Waals surface area contributed by atoms with E-state index in [2.05, 4.69) is 5.32 Å². The number of rotatable bonds is 8. The van der Waals surface area contributed by atoms with Gasteiger partial charge in [-0.15, -0.1) is 0 Å². The number of aryl methyl sites for hydroxylation is 1. The Morgan fingerprint density at radius 3 is 2.26 bits per heavy atom. The van der Waals surface area contributed by atoms with E-state index in [-0.39, 0.29) is 17.9 Å². The van der Waals surface area contributed by atoms with Gasteiger partial charge in [0.15, 0.2) is 0 Å². The second-order valence-electron chi connectivity index (χ2n) is 11.5. The van der Waals surface area contributed by atoms with Gasteiger partial charge in [0.2, 0.25) is 15.9 Å². The van der Waals surface area contributed by atoms with E-state index in [1.807, 2.05) is 6.92 Å². The highest BCUT2D eigenvalue weighted by Gasteiger charge is 2.41. The molecule has 0 bridgehead atoms. The van der Waals surface area contributed by atoms with Crippen molar-refractivity contribution in [1.82, 2.24) is 14.5 Å². The molecule has 2 aliphatic heterocycles. The van der Waals surface area contributed by atoms with Crippen LogP contribution >= 0.6 is 0 Å². The van der Waals surface area contributed by atoms with Gasteiger partial charge in [-0.25, -0.2) is 18.0 Å². The van der Waals surface area contributed by atoms with Gasteiger partial charge in [0.25, 0.3) is 0 Å². The van der Waals surface area contributed by atoms with Crippen LogP contribution in [0.15, 0.2) is 53.4 Å². The van der Waals surface area contributed by atoms with Crippen LogP contribution in [0.2, 0.25) is 0 Å². The molecule has 0 aromatic heterocycles. The number of morpholine rings is 1. The minimum atomic E-state index is -3.91. The van der Waals surface area contributed by atoms with Gasteiger partial charge in [-0.2, -0.15) is 4.31 Å². The van der Waals surface area contributed by atoms with E-state index in [0.717, 1.165) is 5.56 Å². The molecule has 2 saturated heterocycles. The number of hydrogen-bond donors (Lipinski definition) is 1. The molecule has 0 radical (unpaired) electrons. The lowest BCUT2D eigenvalue weighted by Crippen LogP contribution is -2.52. The third-order valence-corrected chi connectivity index (χ3v) is 8.90. The Morgan fingerprint density at radius 2 is 1.64 bits per heavy atom. The number of benzene rings is 2. The zero-order valence-corrected chi connectivity index (χ0v) is 25.3. The highest BCUT2D eigenvalue weighted by Crippen LogP contribution is 2.27. The van der Waals surface area contributed by atoms with Gasteiger partial charge < -0.3 is 24.4 Å². The Labute approximate surface area is 247 Å². The number of sulfonamides is 1. The fourth-order valence-corrected chi connectivity index (χ4v) is 6.47. The molecule has 0 unspecified atom stereocenters. The van der Waals surface area contributed by atoms with E-state index >= 15 is 0 Å². The molecule has 42 heavy (non-hydrogen) atoms. The Morgan fingerprint density at radius 1 is 1.00 bits per heavy atom. The lowest BCUT2D eigenvalue weighted by atomic mass is 10.0.